The highest BCUT2D eigenvalue weighted by Crippen LogP contribution is 2.39. The molecule has 0 heterocycles. The van der Waals surface area contributed by atoms with Gasteiger partial charge in [0.1, 0.15) is 5.41 Å². The Hall–Kier alpha value is -1.04. The van der Waals surface area contributed by atoms with Crippen molar-refractivity contribution in [2.75, 3.05) is 6.54 Å². The lowest BCUT2D eigenvalue weighted by Crippen LogP contribution is -2.46. The highest BCUT2D eigenvalue weighted by Gasteiger charge is 2.45. The first-order valence-corrected chi connectivity index (χ1v) is 7.81. The maximum atomic E-state index is 12.9. The molecule has 19 heavy (non-hydrogen) atoms. The molecule has 3 heteroatoms. The van der Waals surface area contributed by atoms with Gasteiger partial charge in [0.05, 0.1) is 6.07 Å². The molecule has 2 aliphatic rings. The van der Waals surface area contributed by atoms with Crippen molar-refractivity contribution >= 4 is 5.91 Å². The number of nitriles is 1. The van der Waals surface area contributed by atoms with E-state index in [0.717, 1.165) is 45.1 Å². The van der Waals surface area contributed by atoms with Crippen molar-refractivity contribution in [3.63, 3.8) is 0 Å². The van der Waals surface area contributed by atoms with Gasteiger partial charge in [-0.15, -0.1) is 0 Å². The van der Waals surface area contributed by atoms with Crippen LogP contribution in [0.25, 0.3) is 0 Å². The number of nitrogens with zero attached hydrogens (tertiary/aromatic N) is 2. The molecule has 2 fully saturated rings. The average Bonchev–Trinajstić information content (AvgIpc) is 3.21. The van der Waals surface area contributed by atoms with Crippen LogP contribution >= 0.6 is 0 Å². The Balaban J connectivity index is 2.15. The fourth-order valence-corrected chi connectivity index (χ4v) is 3.16. The molecule has 0 aromatic heterocycles. The van der Waals surface area contributed by atoms with E-state index in [1.54, 1.807) is 0 Å². The molecule has 0 unspecified atom stereocenters. The van der Waals surface area contributed by atoms with Crippen LogP contribution in [0, 0.1) is 22.7 Å². The number of carbonyl (C=O) groups excluding carboxylic acids is 1. The number of hydrogen-bond acceptors (Lipinski definition) is 2. The van der Waals surface area contributed by atoms with Gasteiger partial charge in [-0.1, -0.05) is 39.5 Å². The highest BCUT2D eigenvalue weighted by atomic mass is 16.2. The summed E-state index contributed by atoms with van der Waals surface area (Å²) in [5, 5.41) is 9.62. The highest BCUT2D eigenvalue weighted by molar-refractivity contribution is 5.86. The van der Waals surface area contributed by atoms with E-state index in [-0.39, 0.29) is 5.91 Å². The second kappa shape index (κ2) is 5.94. The molecule has 1 amide bonds. The normalized spacial score (nSPS) is 22.6. The molecule has 0 atom stereocenters. The van der Waals surface area contributed by atoms with E-state index >= 15 is 0 Å². The third kappa shape index (κ3) is 3.29. The van der Waals surface area contributed by atoms with E-state index in [1.165, 1.54) is 12.8 Å². The summed E-state index contributed by atoms with van der Waals surface area (Å²) in [6.07, 6.45) is 8.18. The van der Waals surface area contributed by atoms with Crippen molar-refractivity contribution in [2.24, 2.45) is 11.3 Å². The molecule has 2 saturated carbocycles. The predicted molar refractivity (Wildman–Crippen MR) is 75.3 cm³/mol. The van der Waals surface area contributed by atoms with Crippen LogP contribution in [0.3, 0.4) is 0 Å². The molecule has 0 aromatic carbocycles. The average molecular weight is 262 g/mol. The van der Waals surface area contributed by atoms with E-state index in [1.807, 2.05) is 4.90 Å². The van der Waals surface area contributed by atoms with Crippen LogP contribution in [-0.2, 0) is 4.79 Å². The zero-order chi connectivity index (χ0) is 13.9. The molecular weight excluding hydrogens is 236 g/mol. The van der Waals surface area contributed by atoms with Crippen LogP contribution in [0.5, 0.6) is 0 Å². The smallest absolute Gasteiger partial charge is 0.243 e. The van der Waals surface area contributed by atoms with Crippen LogP contribution in [0.2, 0.25) is 0 Å². The quantitative estimate of drug-likeness (QED) is 0.728. The molecule has 2 aliphatic carbocycles. The lowest BCUT2D eigenvalue weighted by molar-refractivity contribution is -0.141. The van der Waals surface area contributed by atoms with E-state index in [9.17, 15) is 10.1 Å². The van der Waals surface area contributed by atoms with Gasteiger partial charge in [-0.25, -0.2) is 0 Å². The first kappa shape index (κ1) is 14.4. The molecule has 0 spiro atoms. The first-order valence-electron chi connectivity index (χ1n) is 7.81. The second-order valence-electron chi connectivity index (χ2n) is 6.69. The lowest BCUT2D eigenvalue weighted by atomic mass is 9.80. The van der Waals surface area contributed by atoms with E-state index < -0.39 is 5.41 Å². The monoisotopic (exact) mass is 262 g/mol. The molecule has 3 nitrogen and oxygen atoms in total. The summed E-state index contributed by atoms with van der Waals surface area (Å²) in [4.78, 5) is 15.0. The van der Waals surface area contributed by atoms with Crippen molar-refractivity contribution in [3.8, 4) is 6.07 Å². The third-order valence-electron chi connectivity index (χ3n) is 4.39. The topological polar surface area (TPSA) is 44.1 Å². The molecule has 0 radical (unpaired) electrons. The lowest BCUT2D eigenvalue weighted by Gasteiger charge is -2.33. The largest absolute Gasteiger partial charge is 0.338 e. The van der Waals surface area contributed by atoms with Gasteiger partial charge in [-0.05, 0) is 31.6 Å². The number of hydrogen-bond donors (Lipinski definition) is 0. The zero-order valence-electron chi connectivity index (χ0n) is 12.3. The van der Waals surface area contributed by atoms with E-state index in [4.69, 9.17) is 0 Å². The Morgan fingerprint density at radius 1 is 1.26 bits per heavy atom. The minimum absolute atomic E-state index is 0.133. The minimum atomic E-state index is -0.714. The van der Waals surface area contributed by atoms with Crippen LogP contribution in [0.4, 0.5) is 0 Å². The predicted octanol–water partition coefficient (Wildman–Crippen LogP) is 3.50. The molecule has 0 saturated heterocycles. The van der Waals surface area contributed by atoms with Gasteiger partial charge in [0.25, 0.3) is 0 Å². The zero-order valence-corrected chi connectivity index (χ0v) is 12.3. The summed E-state index contributed by atoms with van der Waals surface area (Å²) in [7, 11) is 0. The fraction of sp³-hybridized carbons (Fsp3) is 0.875. The fourth-order valence-electron chi connectivity index (χ4n) is 3.16. The number of rotatable bonds is 4. The van der Waals surface area contributed by atoms with Crippen molar-refractivity contribution < 1.29 is 4.79 Å². The molecule has 106 valence electrons. The van der Waals surface area contributed by atoms with Crippen LogP contribution < -0.4 is 0 Å². The molecule has 0 bridgehead atoms. The van der Waals surface area contributed by atoms with Gasteiger partial charge in [0, 0.05) is 12.6 Å². The summed E-state index contributed by atoms with van der Waals surface area (Å²) in [5.74, 6) is 0.610. The van der Waals surface area contributed by atoms with E-state index in [2.05, 4.69) is 19.9 Å². The summed E-state index contributed by atoms with van der Waals surface area (Å²) in [6.45, 7) is 5.11. The van der Waals surface area contributed by atoms with Gasteiger partial charge >= 0.3 is 0 Å². The van der Waals surface area contributed by atoms with E-state index in [0.29, 0.717) is 12.0 Å². The van der Waals surface area contributed by atoms with Crippen LogP contribution in [0.15, 0.2) is 0 Å². The first-order chi connectivity index (χ1) is 9.09. The second-order valence-corrected chi connectivity index (χ2v) is 6.69. The van der Waals surface area contributed by atoms with Gasteiger partial charge < -0.3 is 4.90 Å². The Labute approximate surface area is 117 Å². The number of amides is 1. The molecule has 2 rings (SSSR count). The van der Waals surface area contributed by atoms with Gasteiger partial charge in [-0.2, -0.15) is 5.26 Å². The summed E-state index contributed by atoms with van der Waals surface area (Å²) < 4.78 is 0. The maximum absolute atomic E-state index is 12.9. The van der Waals surface area contributed by atoms with Crippen molar-refractivity contribution in [1.29, 1.82) is 5.26 Å². The molecular formula is C16H26N2O. The number of carbonyl (C=O) groups is 1. The Morgan fingerprint density at radius 3 is 2.26 bits per heavy atom. The summed E-state index contributed by atoms with van der Waals surface area (Å²) >= 11 is 0. The SMILES string of the molecule is CC(C)CN(C(=O)C1(C#N)CCCCCC1)C1CC1. The molecule has 0 aliphatic heterocycles. The van der Waals surface area contributed by atoms with Gasteiger partial charge in [0.2, 0.25) is 5.91 Å². The third-order valence-corrected chi connectivity index (χ3v) is 4.39. The minimum Gasteiger partial charge on any atom is -0.338 e. The van der Waals surface area contributed by atoms with Crippen molar-refractivity contribution in [3.05, 3.63) is 0 Å². The van der Waals surface area contributed by atoms with Crippen LogP contribution in [0.1, 0.15) is 65.2 Å². The van der Waals surface area contributed by atoms with Gasteiger partial charge in [0.15, 0.2) is 0 Å². The Kier molecular flexibility index (Phi) is 4.50. The van der Waals surface area contributed by atoms with Crippen molar-refractivity contribution in [2.45, 2.75) is 71.3 Å². The Bertz CT molecular complexity index is 357. The standard InChI is InChI=1S/C16H26N2O/c1-13(2)11-18(14-7-8-14)15(19)16(12-17)9-5-3-4-6-10-16/h13-14H,3-11H2,1-2H3. The molecule has 0 N–H and O–H groups in total. The van der Waals surface area contributed by atoms with Gasteiger partial charge in [-0.3, -0.25) is 4.79 Å². The van der Waals surface area contributed by atoms with Crippen molar-refractivity contribution in [1.82, 2.24) is 4.90 Å². The van der Waals surface area contributed by atoms with Crippen LogP contribution in [-0.4, -0.2) is 23.4 Å². The Morgan fingerprint density at radius 2 is 1.84 bits per heavy atom. The summed E-state index contributed by atoms with van der Waals surface area (Å²) in [5.41, 5.74) is -0.714. The maximum Gasteiger partial charge on any atom is 0.243 e. The summed E-state index contributed by atoms with van der Waals surface area (Å²) in [6, 6.07) is 2.82. The molecule has 0 aromatic rings.